The van der Waals surface area contributed by atoms with Crippen molar-refractivity contribution in [2.75, 3.05) is 4.72 Å². The number of H-pyrrole nitrogens is 1. The van der Waals surface area contributed by atoms with E-state index < -0.39 is 15.6 Å². The lowest BCUT2D eigenvalue weighted by Gasteiger charge is -2.14. The number of sulfonamides is 1. The van der Waals surface area contributed by atoms with Crippen LogP contribution in [0.3, 0.4) is 0 Å². The van der Waals surface area contributed by atoms with Crippen LogP contribution < -0.4 is 4.72 Å². The van der Waals surface area contributed by atoms with Gasteiger partial charge in [-0.15, -0.1) is 11.3 Å². The van der Waals surface area contributed by atoms with Crippen molar-refractivity contribution >= 4 is 38.0 Å². The van der Waals surface area contributed by atoms with Crippen molar-refractivity contribution in [3.05, 3.63) is 40.5 Å². The van der Waals surface area contributed by atoms with E-state index in [2.05, 4.69) is 20.8 Å². The maximum absolute atomic E-state index is 12.7. The summed E-state index contributed by atoms with van der Waals surface area (Å²) in [5.41, 5.74) is 1.30. The van der Waals surface area contributed by atoms with E-state index in [9.17, 15) is 18.8 Å². The van der Waals surface area contributed by atoms with Gasteiger partial charge in [0.2, 0.25) is 4.34 Å². The monoisotopic (exact) mass is 390 g/mol. The molecule has 0 saturated heterocycles. The first-order chi connectivity index (χ1) is 12.1. The summed E-state index contributed by atoms with van der Waals surface area (Å²) in [6.45, 7) is 5.17. The zero-order valence-electron chi connectivity index (χ0n) is 14.5. The number of nitrogens with zero attached hydrogens (tertiary/aromatic N) is 2. The molecule has 0 atom stereocenters. The van der Waals surface area contributed by atoms with Gasteiger partial charge in [-0.05, 0) is 32.4 Å². The van der Waals surface area contributed by atoms with Gasteiger partial charge in [-0.1, -0.05) is 6.07 Å². The number of aromatic nitrogens is 2. The fourth-order valence-corrected chi connectivity index (χ4v) is 5.19. The van der Waals surface area contributed by atoms with Crippen LogP contribution in [0.25, 0.3) is 10.9 Å². The van der Waals surface area contributed by atoms with Crippen LogP contribution in [0.15, 0.2) is 28.9 Å². The summed E-state index contributed by atoms with van der Waals surface area (Å²) in [5, 5.41) is 19.8. The number of nitrogens with one attached hydrogen (secondary N) is 2. The van der Waals surface area contributed by atoms with Gasteiger partial charge in [0, 0.05) is 29.1 Å². The van der Waals surface area contributed by atoms with Gasteiger partial charge >= 0.3 is 0 Å². The lowest BCUT2D eigenvalue weighted by Crippen LogP contribution is -2.21. The average Bonchev–Trinajstić information content (AvgIpc) is 3.15. The third kappa shape index (κ3) is 3.58. The molecule has 2 aromatic heterocycles. The van der Waals surface area contributed by atoms with E-state index in [1.807, 2.05) is 6.92 Å². The van der Waals surface area contributed by atoms with Crippen LogP contribution in [0.2, 0.25) is 0 Å². The van der Waals surface area contributed by atoms with Crippen LogP contribution >= 0.6 is 11.3 Å². The van der Waals surface area contributed by atoms with E-state index in [-0.39, 0.29) is 4.34 Å². The van der Waals surface area contributed by atoms with Gasteiger partial charge in [0.15, 0.2) is 0 Å². The smallest absolute Gasteiger partial charge is 0.289 e. The second-order valence-electron chi connectivity index (χ2n) is 6.68. The summed E-state index contributed by atoms with van der Waals surface area (Å²) in [6.07, 6.45) is 3.34. The Morgan fingerprint density at radius 1 is 1.42 bits per heavy atom. The number of aromatic amines is 1. The van der Waals surface area contributed by atoms with Crippen LogP contribution in [0, 0.1) is 18.3 Å². The first kappa shape index (κ1) is 18.4. The van der Waals surface area contributed by atoms with E-state index in [0.29, 0.717) is 33.5 Å². The Kier molecular flexibility index (Phi) is 4.52. The molecule has 0 fully saturated rings. The van der Waals surface area contributed by atoms with Crippen LogP contribution in [0.5, 0.6) is 0 Å². The van der Waals surface area contributed by atoms with Crippen molar-refractivity contribution in [1.82, 2.24) is 9.97 Å². The molecule has 0 spiro atoms. The lowest BCUT2D eigenvalue weighted by molar-refractivity contribution is 0.0818. The van der Waals surface area contributed by atoms with Gasteiger partial charge in [0.25, 0.3) is 10.0 Å². The molecule has 1 aromatic carbocycles. The minimum atomic E-state index is -3.88. The molecule has 0 amide bonds. The minimum Gasteiger partial charge on any atom is -0.390 e. The molecule has 2 heterocycles. The topological polar surface area (TPSA) is 119 Å². The maximum atomic E-state index is 12.7. The van der Waals surface area contributed by atoms with Gasteiger partial charge < -0.3 is 10.1 Å². The first-order valence-corrected chi connectivity index (χ1v) is 10.1. The Bertz CT molecular complexity index is 1120. The summed E-state index contributed by atoms with van der Waals surface area (Å²) >= 11 is 1.02. The first-order valence-electron chi connectivity index (χ1n) is 7.81. The number of hydrogen-bond acceptors (Lipinski definition) is 6. The molecule has 0 aliphatic heterocycles. The lowest BCUT2D eigenvalue weighted by atomic mass is 10.1. The summed E-state index contributed by atoms with van der Waals surface area (Å²) in [4.78, 5) is 7.62. The van der Waals surface area contributed by atoms with E-state index in [0.717, 1.165) is 16.9 Å². The van der Waals surface area contributed by atoms with Crippen molar-refractivity contribution in [3.8, 4) is 6.07 Å². The second-order valence-corrected chi connectivity index (χ2v) is 9.65. The molecule has 0 aliphatic rings. The van der Waals surface area contributed by atoms with Gasteiger partial charge in [-0.25, -0.2) is 4.98 Å². The van der Waals surface area contributed by atoms with Crippen LogP contribution in [-0.2, 0) is 16.4 Å². The molecular formula is C17H18N4O3S2. The van der Waals surface area contributed by atoms with E-state index >= 15 is 0 Å². The van der Waals surface area contributed by atoms with Crippen LogP contribution in [0.4, 0.5) is 5.69 Å². The van der Waals surface area contributed by atoms with Crippen molar-refractivity contribution in [3.63, 3.8) is 0 Å². The molecular weight excluding hydrogens is 372 g/mol. The largest absolute Gasteiger partial charge is 0.390 e. The zero-order chi connectivity index (χ0) is 19.1. The predicted octanol–water partition coefficient (Wildman–Crippen LogP) is 2.92. The molecule has 26 heavy (non-hydrogen) atoms. The number of aliphatic hydroxyl groups is 1. The fourth-order valence-electron chi connectivity index (χ4n) is 2.70. The molecule has 0 saturated carbocycles. The van der Waals surface area contributed by atoms with E-state index in [1.165, 1.54) is 6.20 Å². The van der Waals surface area contributed by atoms with Crippen LogP contribution in [0.1, 0.15) is 29.9 Å². The molecule has 3 N–H and O–H groups in total. The summed E-state index contributed by atoms with van der Waals surface area (Å²) in [5.74, 6) is 0. The Morgan fingerprint density at radius 3 is 2.81 bits per heavy atom. The maximum Gasteiger partial charge on any atom is 0.289 e. The van der Waals surface area contributed by atoms with E-state index in [4.69, 9.17) is 0 Å². The zero-order valence-corrected chi connectivity index (χ0v) is 16.1. The number of rotatable bonds is 5. The second kappa shape index (κ2) is 6.39. The molecule has 3 aromatic rings. The van der Waals surface area contributed by atoms with Crippen molar-refractivity contribution in [1.29, 1.82) is 5.26 Å². The molecule has 9 heteroatoms. The van der Waals surface area contributed by atoms with Gasteiger partial charge in [0.1, 0.15) is 6.07 Å². The third-order valence-corrected chi connectivity index (χ3v) is 6.53. The molecule has 7 nitrogen and oxygen atoms in total. The van der Waals surface area contributed by atoms with Gasteiger partial charge in [-0.3, -0.25) is 4.72 Å². The number of aryl methyl sites for hydroxylation is 1. The van der Waals surface area contributed by atoms with Crippen LogP contribution in [-0.4, -0.2) is 29.1 Å². The SMILES string of the molecule is Cc1ccc(NS(=O)(=O)c2ncc(CC(C)(C)O)s2)c2[nH]cc(C#N)c12. The number of thiazole rings is 1. The number of nitriles is 1. The standard InChI is InChI=1S/C17H18N4O3S2/c1-10-4-5-13(15-14(10)11(7-18)8-19-15)21-26(23,24)16-20-9-12(25-16)6-17(2,3)22/h4-5,8-9,19,21-22H,6H2,1-3H3. The summed E-state index contributed by atoms with van der Waals surface area (Å²) < 4.78 is 27.8. The number of fused-ring (bicyclic) bond motifs is 1. The molecule has 136 valence electrons. The van der Waals surface area contributed by atoms with Gasteiger partial charge in [-0.2, -0.15) is 13.7 Å². The quantitative estimate of drug-likeness (QED) is 0.619. The highest BCUT2D eigenvalue weighted by Gasteiger charge is 2.23. The number of hydrogen-bond donors (Lipinski definition) is 3. The highest BCUT2D eigenvalue weighted by Crippen LogP contribution is 2.31. The van der Waals surface area contributed by atoms with Crippen molar-refractivity contribution in [2.24, 2.45) is 0 Å². The summed E-state index contributed by atoms with van der Waals surface area (Å²) in [6, 6.07) is 5.51. The highest BCUT2D eigenvalue weighted by atomic mass is 32.2. The Morgan fingerprint density at radius 2 is 2.15 bits per heavy atom. The molecule has 0 unspecified atom stereocenters. The minimum absolute atomic E-state index is 0.0717. The average molecular weight is 390 g/mol. The molecule has 0 bridgehead atoms. The summed E-state index contributed by atoms with van der Waals surface area (Å²) in [7, 11) is -3.88. The Balaban J connectivity index is 1.96. The fraction of sp³-hybridized carbons (Fsp3) is 0.294. The molecule has 3 rings (SSSR count). The predicted molar refractivity (Wildman–Crippen MR) is 101 cm³/mol. The Hall–Kier alpha value is -2.41. The van der Waals surface area contributed by atoms with Gasteiger partial charge in [0.05, 0.1) is 22.4 Å². The third-order valence-electron chi connectivity index (χ3n) is 3.78. The number of anilines is 1. The van der Waals surface area contributed by atoms with Crippen molar-refractivity contribution in [2.45, 2.75) is 37.1 Å². The normalized spacial score (nSPS) is 12.3. The number of benzene rings is 1. The molecule has 0 aliphatic carbocycles. The van der Waals surface area contributed by atoms with E-state index in [1.54, 1.807) is 32.2 Å². The Labute approximate surface area is 155 Å². The van der Waals surface area contributed by atoms with Crippen molar-refractivity contribution < 1.29 is 13.5 Å². The highest BCUT2D eigenvalue weighted by molar-refractivity contribution is 7.94. The molecule has 0 radical (unpaired) electrons.